The van der Waals surface area contributed by atoms with Crippen LogP contribution in [-0.2, 0) is 6.42 Å². The highest BCUT2D eigenvalue weighted by Crippen LogP contribution is 2.27. The average Bonchev–Trinajstić information content (AvgIpc) is 2.89. The normalized spacial score (nSPS) is 13.9. The van der Waals surface area contributed by atoms with E-state index < -0.39 is 0 Å². The summed E-state index contributed by atoms with van der Waals surface area (Å²) in [5.74, 6) is 1.42. The van der Waals surface area contributed by atoms with Crippen LogP contribution in [0.3, 0.4) is 0 Å². The van der Waals surface area contributed by atoms with Crippen LogP contribution in [-0.4, -0.2) is 49.6 Å². The number of nitrogens with zero attached hydrogens (tertiary/aromatic N) is 4. The summed E-state index contributed by atoms with van der Waals surface area (Å²) in [5.41, 5.74) is 3.25. The lowest BCUT2D eigenvalue weighted by molar-refractivity contribution is -0.865. The topological polar surface area (TPSA) is 58.8 Å². The molecular formula is C24H27N4O3+. The lowest BCUT2D eigenvalue weighted by Gasteiger charge is -2.22. The van der Waals surface area contributed by atoms with Gasteiger partial charge in [0.05, 0.1) is 24.1 Å². The Bertz CT molecular complexity index is 1140. The smallest absolute Gasteiger partial charge is 0.268 e. The summed E-state index contributed by atoms with van der Waals surface area (Å²) in [6.07, 6.45) is 4.30. The first-order valence-corrected chi connectivity index (χ1v) is 10.3. The van der Waals surface area contributed by atoms with Crippen molar-refractivity contribution in [1.29, 1.82) is 0 Å². The van der Waals surface area contributed by atoms with Gasteiger partial charge in [-0.15, -0.1) is 0 Å². The molecule has 0 unspecified atom stereocenters. The summed E-state index contributed by atoms with van der Waals surface area (Å²) >= 11 is 0. The predicted molar refractivity (Wildman–Crippen MR) is 119 cm³/mol. The van der Waals surface area contributed by atoms with Crippen molar-refractivity contribution < 1.29 is 19.1 Å². The van der Waals surface area contributed by atoms with Gasteiger partial charge in [0.25, 0.3) is 11.4 Å². The van der Waals surface area contributed by atoms with Crippen molar-refractivity contribution in [2.45, 2.75) is 13.3 Å². The van der Waals surface area contributed by atoms with E-state index in [4.69, 9.17) is 9.57 Å². The molecule has 0 atom stereocenters. The van der Waals surface area contributed by atoms with Crippen molar-refractivity contribution in [2.24, 2.45) is 0 Å². The average molecular weight is 420 g/mol. The van der Waals surface area contributed by atoms with Crippen molar-refractivity contribution in [2.75, 3.05) is 38.8 Å². The first kappa shape index (κ1) is 20.7. The molecule has 1 aliphatic heterocycles. The number of benzene rings is 1. The van der Waals surface area contributed by atoms with E-state index >= 15 is 0 Å². The molecule has 0 radical (unpaired) electrons. The quantitative estimate of drug-likeness (QED) is 0.575. The molecule has 7 nitrogen and oxygen atoms in total. The molecule has 1 amide bonds. The van der Waals surface area contributed by atoms with E-state index in [0.29, 0.717) is 31.0 Å². The minimum absolute atomic E-state index is 0.0793. The Morgan fingerprint density at radius 1 is 1.26 bits per heavy atom. The molecule has 2 aromatic heterocycles. The third kappa shape index (κ3) is 3.91. The number of rotatable bonds is 6. The summed E-state index contributed by atoms with van der Waals surface area (Å²) in [4.78, 5) is 26.6. The number of carbonyl (C=O) groups is 1. The molecule has 1 aliphatic rings. The summed E-state index contributed by atoms with van der Waals surface area (Å²) in [6.45, 7) is 7.89. The van der Waals surface area contributed by atoms with Gasteiger partial charge in [-0.25, -0.2) is 4.98 Å². The van der Waals surface area contributed by atoms with E-state index in [-0.39, 0.29) is 5.91 Å². The molecule has 0 N–H and O–H groups in total. The van der Waals surface area contributed by atoms with Gasteiger partial charge in [-0.2, -0.15) is 0 Å². The van der Waals surface area contributed by atoms with Crippen LogP contribution in [0, 0.1) is 0 Å². The number of para-hydroxylation sites is 1. The van der Waals surface area contributed by atoms with E-state index in [1.54, 1.807) is 23.8 Å². The van der Waals surface area contributed by atoms with Crippen LogP contribution in [0.5, 0.6) is 5.75 Å². The molecule has 31 heavy (non-hydrogen) atoms. The van der Waals surface area contributed by atoms with Gasteiger partial charge in [0, 0.05) is 48.8 Å². The molecule has 0 aliphatic carbocycles. The van der Waals surface area contributed by atoms with Gasteiger partial charge in [-0.05, 0) is 24.6 Å². The largest absolute Gasteiger partial charge is 0.492 e. The number of pyridine rings is 2. The zero-order valence-corrected chi connectivity index (χ0v) is 18.2. The van der Waals surface area contributed by atoms with Crippen LogP contribution in [0.25, 0.3) is 10.9 Å². The fraction of sp³-hybridized carbons (Fsp3) is 0.292. The second kappa shape index (κ2) is 8.63. The van der Waals surface area contributed by atoms with Gasteiger partial charge in [0.1, 0.15) is 18.7 Å². The van der Waals surface area contributed by atoms with Gasteiger partial charge < -0.3 is 14.5 Å². The summed E-state index contributed by atoms with van der Waals surface area (Å²) in [7, 11) is 3.39. The Balaban J connectivity index is 1.54. The van der Waals surface area contributed by atoms with E-state index in [1.165, 1.54) is 0 Å². The van der Waals surface area contributed by atoms with Crippen molar-refractivity contribution in [3.8, 4) is 5.75 Å². The molecule has 7 heteroatoms. The minimum atomic E-state index is -0.0793. The van der Waals surface area contributed by atoms with Crippen LogP contribution in [0.4, 0.5) is 5.82 Å². The molecule has 160 valence electrons. The van der Waals surface area contributed by atoms with E-state index in [0.717, 1.165) is 34.5 Å². The highest BCUT2D eigenvalue weighted by Gasteiger charge is 2.27. The summed E-state index contributed by atoms with van der Waals surface area (Å²) in [6, 6.07) is 11.7. The number of ether oxygens (including phenoxy) is 1. The van der Waals surface area contributed by atoms with Crippen LogP contribution in [0.15, 0.2) is 61.1 Å². The molecular weight excluding hydrogens is 392 g/mol. The van der Waals surface area contributed by atoms with Crippen molar-refractivity contribution in [3.05, 3.63) is 72.2 Å². The molecule has 0 saturated heterocycles. The third-order valence-corrected chi connectivity index (χ3v) is 5.60. The predicted octanol–water partition coefficient (Wildman–Crippen LogP) is 2.63. The Morgan fingerprint density at radius 3 is 2.84 bits per heavy atom. The Kier molecular flexibility index (Phi) is 5.75. The molecule has 3 aromatic rings. The second-order valence-corrected chi connectivity index (χ2v) is 7.46. The van der Waals surface area contributed by atoms with Crippen LogP contribution >= 0.6 is 0 Å². The van der Waals surface area contributed by atoms with Crippen molar-refractivity contribution >= 4 is 22.6 Å². The van der Waals surface area contributed by atoms with Gasteiger partial charge in [0.15, 0.2) is 0 Å². The van der Waals surface area contributed by atoms with Crippen molar-refractivity contribution in [1.82, 2.24) is 9.88 Å². The molecule has 0 fully saturated rings. The Labute approximate surface area is 182 Å². The molecule has 0 spiro atoms. The fourth-order valence-electron chi connectivity index (χ4n) is 3.78. The van der Waals surface area contributed by atoms with E-state index in [9.17, 15) is 4.79 Å². The fourth-order valence-corrected chi connectivity index (χ4v) is 3.78. The zero-order valence-electron chi connectivity index (χ0n) is 18.2. The van der Waals surface area contributed by atoms with Gasteiger partial charge in [0.2, 0.25) is 6.20 Å². The number of hydrogen-bond donors (Lipinski definition) is 0. The maximum atomic E-state index is 12.9. The number of fused-ring (bicyclic) bond motifs is 2. The first-order valence-electron chi connectivity index (χ1n) is 10.3. The van der Waals surface area contributed by atoms with Gasteiger partial charge in [-0.1, -0.05) is 18.7 Å². The maximum absolute atomic E-state index is 12.9. The lowest BCUT2D eigenvalue weighted by Crippen LogP contribution is -2.40. The summed E-state index contributed by atoms with van der Waals surface area (Å²) < 4.78 is 7.78. The van der Waals surface area contributed by atoms with Crippen LogP contribution in [0.2, 0.25) is 0 Å². The zero-order chi connectivity index (χ0) is 22.0. The summed E-state index contributed by atoms with van der Waals surface area (Å²) in [5, 5.41) is 0.973. The van der Waals surface area contributed by atoms with E-state index in [1.807, 2.05) is 55.7 Å². The SMILES string of the molecule is C=C1CN(CC)c2ncc(CCOc3cc[n+](OC)c4ccccc34)cc2C(=O)N1C. The van der Waals surface area contributed by atoms with Gasteiger partial charge >= 0.3 is 0 Å². The van der Waals surface area contributed by atoms with Crippen LogP contribution < -0.4 is 19.2 Å². The highest BCUT2D eigenvalue weighted by molar-refractivity contribution is 6.00. The van der Waals surface area contributed by atoms with Crippen molar-refractivity contribution in [3.63, 3.8) is 0 Å². The standard InChI is InChI=1S/C24H27N4O3/c1-5-27-16-17(2)26(3)24(29)20-14-18(15-25-23(20)27)11-13-31-22-10-12-28(30-4)21-9-7-6-8-19(21)22/h6-10,12,14-15H,2,5,11,13,16H2,1,3-4H3/q+1. The molecule has 0 saturated carbocycles. The monoisotopic (exact) mass is 419 g/mol. The minimum Gasteiger partial charge on any atom is -0.492 e. The molecule has 3 heterocycles. The number of hydrogen-bond acceptors (Lipinski definition) is 5. The number of carbonyl (C=O) groups excluding carboxylic acids is 1. The van der Waals surface area contributed by atoms with E-state index in [2.05, 4.69) is 16.5 Å². The maximum Gasteiger partial charge on any atom is 0.268 e. The Morgan fingerprint density at radius 2 is 2.06 bits per heavy atom. The third-order valence-electron chi connectivity index (χ3n) is 5.60. The van der Waals surface area contributed by atoms with Gasteiger partial charge in [-0.3, -0.25) is 9.63 Å². The van der Waals surface area contributed by atoms with Crippen LogP contribution in [0.1, 0.15) is 22.8 Å². The molecule has 4 rings (SSSR count). The number of amides is 1. The highest BCUT2D eigenvalue weighted by atomic mass is 16.6. The lowest BCUT2D eigenvalue weighted by atomic mass is 10.1. The number of aromatic nitrogens is 2. The number of likely N-dealkylation sites (N-methyl/N-ethyl adjacent to an activating group) is 2. The number of anilines is 1. The molecule has 0 bridgehead atoms. The Hall–Kier alpha value is -3.61. The molecule has 1 aromatic carbocycles. The second-order valence-electron chi connectivity index (χ2n) is 7.46. The first-order chi connectivity index (χ1) is 15.0.